The van der Waals surface area contributed by atoms with Crippen LogP contribution in [0, 0.1) is 5.41 Å². The molecule has 1 saturated heterocycles. The quantitative estimate of drug-likeness (QED) is 0.682. The Balaban J connectivity index is 2.88. The van der Waals surface area contributed by atoms with E-state index >= 15 is 0 Å². The van der Waals surface area contributed by atoms with Crippen molar-refractivity contribution in [2.75, 3.05) is 38.7 Å². The monoisotopic (exact) mass is 389 g/mol. The molecule has 0 aromatic rings. The van der Waals surface area contributed by atoms with Crippen molar-refractivity contribution >= 4 is 21.7 Å². The highest BCUT2D eigenvalue weighted by atomic mass is 32.2. The molecule has 0 saturated carbocycles. The number of rotatable bonds is 6. The maximum atomic E-state index is 12.8. The summed E-state index contributed by atoms with van der Waals surface area (Å²) < 4.78 is 23.6. The zero-order valence-corrected chi connectivity index (χ0v) is 18.1. The lowest BCUT2D eigenvalue weighted by Gasteiger charge is -2.34. The Bertz CT molecular complexity index is 621. The predicted octanol–water partition coefficient (Wildman–Crippen LogP) is 0.895. The van der Waals surface area contributed by atoms with E-state index in [0.29, 0.717) is 25.9 Å². The van der Waals surface area contributed by atoms with Crippen LogP contribution in [0.3, 0.4) is 0 Å². The van der Waals surface area contributed by atoms with Crippen LogP contribution in [-0.4, -0.2) is 80.3 Å². The Morgan fingerprint density at radius 3 is 2.08 bits per heavy atom. The van der Waals surface area contributed by atoms with E-state index in [4.69, 9.17) is 0 Å². The van der Waals surface area contributed by atoms with Crippen LogP contribution < -0.4 is 5.32 Å². The van der Waals surface area contributed by atoms with Gasteiger partial charge < -0.3 is 15.1 Å². The average Bonchev–Trinajstić information content (AvgIpc) is 2.75. The number of carbonyl (C=O) groups excluding carboxylic acids is 2. The molecule has 1 aliphatic heterocycles. The van der Waals surface area contributed by atoms with Crippen molar-refractivity contribution in [3.05, 3.63) is 0 Å². The number of carbonyl (C=O) groups is 2. The Morgan fingerprint density at radius 2 is 1.65 bits per heavy atom. The molecule has 152 valence electrons. The SMILES string of the molecule is CN(C)CCN(C(=O)C(=O)NC(C)(C)CC(C)(C)C)C1CCS(=O)(=O)C1. The minimum atomic E-state index is -3.14. The number of hydrogen-bond acceptors (Lipinski definition) is 5. The average molecular weight is 390 g/mol. The van der Waals surface area contributed by atoms with Gasteiger partial charge in [0.15, 0.2) is 9.84 Å². The zero-order chi connectivity index (χ0) is 20.3. The van der Waals surface area contributed by atoms with Crippen molar-refractivity contribution < 1.29 is 18.0 Å². The molecule has 1 unspecified atom stereocenters. The third-order valence-corrected chi connectivity index (χ3v) is 6.07. The van der Waals surface area contributed by atoms with Crippen molar-refractivity contribution in [1.82, 2.24) is 15.1 Å². The summed E-state index contributed by atoms with van der Waals surface area (Å²) in [5.74, 6) is -1.30. The molecule has 8 heteroatoms. The molecule has 1 rings (SSSR count). The van der Waals surface area contributed by atoms with Crippen LogP contribution >= 0.6 is 0 Å². The second-order valence-corrected chi connectivity index (χ2v) is 11.7. The lowest BCUT2D eigenvalue weighted by Crippen LogP contribution is -2.55. The molecule has 1 heterocycles. The van der Waals surface area contributed by atoms with E-state index in [9.17, 15) is 18.0 Å². The van der Waals surface area contributed by atoms with Crippen molar-refractivity contribution in [3.63, 3.8) is 0 Å². The van der Waals surface area contributed by atoms with Crippen molar-refractivity contribution in [1.29, 1.82) is 0 Å². The van der Waals surface area contributed by atoms with Gasteiger partial charge in [0.05, 0.1) is 11.5 Å². The van der Waals surface area contributed by atoms with Gasteiger partial charge in [-0.25, -0.2) is 8.42 Å². The lowest BCUT2D eigenvalue weighted by atomic mass is 9.82. The minimum Gasteiger partial charge on any atom is -0.343 e. The normalized spacial score (nSPS) is 20.2. The molecular formula is C18H35N3O4S. The Labute approximate surface area is 158 Å². The van der Waals surface area contributed by atoms with Crippen LogP contribution in [0.4, 0.5) is 0 Å². The first-order chi connectivity index (χ1) is 11.6. The number of sulfone groups is 1. The third kappa shape index (κ3) is 7.61. The molecule has 0 spiro atoms. The summed E-state index contributed by atoms with van der Waals surface area (Å²) in [6.07, 6.45) is 1.11. The van der Waals surface area contributed by atoms with Gasteiger partial charge >= 0.3 is 11.8 Å². The summed E-state index contributed by atoms with van der Waals surface area (Å²) in [5, 5.41) is 2.83. The molecule has 1 N–H and O–H groups in total. The fraction of sp³-hybridized carbons (Fsp3) is 0.889. The molecular weight excluding hydrogens is 354 g/mol. The highest BCUT2D eigenvalue weighted by Gasteiger charge is 2.38. The summed E-state index contributed by atoms with van der Waals surface area (Å²) >= 11 is 0. The summed E-state index contributed by atoms with van der Waals surface area (Å²) in [6, 6.07) is -0.427. The second kappa shape index (κ2) is 8.25. The highest BCUT2D eigenvalue weighted by molar-refractivity contribution is 7.91. The molecule has 1 aliphatic rings. The van der Waals surface area contributed by atoms with E-state index in [-0.39, 0.29) is 16.9 Å². The summed E-state index contributed by atoms with van der Waals surface area (Å²) in [6.45, 7) is 10.9. The van der Waals surface area contributed by atoms with Gasteiger partial charge in [-0.3, -0.25) is 9.59 Å². The second-order valence-electron chi connectivity index (χ2n) is 9.43. The summed E-state index contributed by atoms with van der Waals surface area (Å²) in [4.78, 5) is 28.7. The molecule has 26 heavy (non-hydrogen) atoms. The van der Waals surface area contributed by atoms with E-state index in [1.807, 2.05) is 32.8 Å². The van der Waals surface area contributed by atoms with Gasteiger partial charge in [-0.1, -0.05) is 20.8 Å². The van der Waals surface area contributed by atoms with Gasteiger partial charge in [0.1, 0.15) is 0 Å². The smallest absolute Gasteiger partial charge is 0.312 e. The molecule has 0 aromatic heterocycles. The Kier molecular flexibility index (Phi) is 7.26. The van der Waals surface area contributed by atoms with E-state index in [1.165, 1.54) is 4.90 Å². The van der Waals surface area contributed by atoms with Crippen molar-refractivity contribution in [2.45, 2.75) is 59.0 Å². The van der Waals surface area contributed by atoms with Crippen LogP contribution in [-0.2, 0) is 19.4 Å². The Hall–Kier alpha value is -1.15. The van der Waals surface area contributed by atoms with Crippen LogP contribution in [0.1, 0.15) is 47.5 Å². The van der Waals surface area contributed by atoms with E-state index in [2.05, 4.69) is 26.1 Å². The molecule has 7 nitrogen and oxygen atoms in total. The van der Waals surface area contributed by atoms with Crippen LogP contribution in [0.15, 0.2) is 0 Å². The Morgan fingerprint density at radius 1 is 1.08 bits per heavy atom. The predicted molar refractivity (Wildman–Crippen MR) is 104 cm³/mol. The first-order valence-corrected chi connectivity index (χ1v) is 10.9. The van der Waals surface area contributed by atoms with Gasteiger partial charge in [-0.15, -0.1) is 0 Å². The van der Waals surface area contributed by atoms with Gasteiger partial charge in [-0.05, 0) is 46.2 Å². The van der Waals surface area contributed by atoms with Crippen molar-refractivity contribution in [2.24, 2.45) is 5.41 Å². The molecule has 0 aromatic carbocycles. The number of hydrogen-bond donors (Lipinski definition) is 1. The fourth-order valence-corrected chi connectivity index (χ4v) is 5.37. The molecule has 2 amide bonds. The molecule has 1 atom stereocenters. The maximum Gasteiger partial charge on any atom is 0.312 e. The van der Waals surface area contributed by atoms with Crippen LogP contribution in [0.25, 0.3) is 0 Å². The number of nitrogens with zero attached hydrogens (tertiary/aromatic N) is 2. The van der Waals surface area contributed by atoms with E-state index < -0.39 is 33.2 Å². The summed E-state index contributed by atoms with van der Waals surface area (Å²) in [5.41, 5.74) is -0.524. The topological polar surface area (TPSA) is 86.8 Å². The summed E-state index contributed by atoms with van der Waals surface area (Å²) in [7, 11) is 0.614. The molecule has 0 radical (unpaired) electrons. The van der Waals surface area contributed by atoms with E-state index in [1.54, 1.807) is 0 Å². The van der Waals surface area contributed by atoms with Gasteiger partial charge in [0.2, 0.25) is 0 Å². The zero-order valence-electron chi connectivity index (χ0n) is 17.3. The first-order valence-electron chi connectivity index (χ1n) is 9.10. The minimum absolute atomic E-state index is 0.00394. The standard InChI is InChI=1S/C18H35N3O4S/c1-17(2,3)13-18(4,5)19-15(22)16(23)21(10-9-20(6)7)14-8-11-26(24,25)12-14/h14H,8-13H2,1-7H3,(H,19,22). The largest absolute Gasteiger partial charge is 0.343 e. The van der Waals surface area contributed by atoms with Crippen LogP contribution in [0.5, 0.6) is 0 Å². The van der Waals surface area contributed by atoms with Gasteiger partial charge in [-0.2, -0.15) is 0 Å². The van der Waals surface area contributed by atoms with E-state index in [0.717, 1.165) is 0 Å². The number of likely N-dealkylation sites (N-methyl/N-ethyl adjacent to an activating group) is 1. The van der Waals surface area contributed by atoms with Crippen molar-refractivity contribution in [3.8, 4) is 0 Å². The maximum absolute atomic E-state index is 12.8. The third-order valence-electron chi connectivity index (χ3n) is 4.32. The molecule has 1 fully saturated rings. The molecule has 0 bridgehead atoms. The fourth-order valence-electron chi connectivity index (χ4n) is 3.64. The van der Waals surface area contributed by atoms with Gasteiger partial charge in [0.25, 0.3) is 0 Å². The van der Waals surface area contributed by atoms with Gasteiger partial charge in [0, 0.05) is 24.7 Å². The number of nitrogens with one attached hydrogen (secondary N) is 1. The highest BCUT2D eigenvalue weighted by Crippen LogP contribution is 2.27. The van der Waals surface area contributed by atoms with Crippen LogP contribution in [0.2, 0.25) is 0 Å². The molecule has 0 aliphatic carbocycles. The first kappa shape index (κ1) is 22.9. The lowest BCUT2D eigenvalue weighted by molar-refractivity contribution is -0.148. The number of amides is 2.